The molecule has 0 bridgehead atoms. The summed E-state index contributed by atoms with van der Waals surface area (Å²) in [6.07, 6.45) is 0.938. The van der Waals surface area contributed by atoms with E-state index in [1.54, 1.807) is 32.6 Å². The molecule has 1 rings (SSSR count). The van der Waals surface area contributed by atoms with Gasteiger partial charge in [0.1, 0.15) is 17.7 Å². The maximum absolute atomic E-state index is 13.5. The Bertz CT molecular complexity index is 779. The number of carbonyl (C=O) groups is 3. The molecule has 1 aromatic rings. The van der Waals surface area contributed by atoms with Crippen LogP contribution in [0.2, 0.25) is 0 Å². The molecule has 0 aliphatic rings. The Balaban J connectivity index is 3.33. The van der Waals surface area contributed by atoms with Crippen LogP contribution in [0.15, 0.2) is 18.2 Å². The fourth-order valence-electron chi connectivity index (χ4n) is 3.49. The van der Waals surface area contributed by atoms with Gasteiger partial charge in [-0.15, -0.1) is 0 Å². The number of aryl methyl sites for hydroxylation is 2. The molecule has 2 atom stereocenters. The molecular weight excluding hydrogens is 406 g/mol. The molecular formula is C25H41N3O4. The number of amides is 3. The van der Waals surface area contributed by atoms with Gasteiger partial charge in [0, 0.05) is 12.6 Å². The van der Waals surface area contributed by atoms with E-state index in [2.05, 4.69) is 10.6 Å². The highest BCUT2D eigenvalue weighted by Gasteiger charge is 2.34. The first-order valence-corrected chi connectivity index (χ1v) is 11.4. The topological polar surface area (TPSA) is 87.7 Å². The smallest absolute Gasteiger partial charge is 0.408 e. The fourth-order valence-corrected chi connectivity index (χ4v) is 3.49. The van der Waals surface area contributed by atoms with E-state index >= 15 is 0 Å². The summed E-state index contributed by atoms with van der Waals surface area (Å²) in [6.45, 7) is 17.1. The Morgan fingerprint density at radius 3 is 2.03 bits per heavy atom. The van der Waals surface area contributed by atoms with Gasteiger partial charge in [-0.1, -0.05) is 42.7 Å². The van der Waals surface area contributed by atoms with E-state index in [0.29, 0.717) is 6.54 Å². The van der Waals surface area contributed by atoms with Crippen LogP contribution in [0.1, 0.15) is 84.0 Å². The highest BCUT2D eigenvalue weighted by Crippen LogP contribution is 2.25. The van der Waals surface area contributed by atoms with E-state index in [-0.39, 0.29) is 17.9 Å². The van der Waals surface area contributed by atoms with Crippen molar-refractivity contribution in [3.05, 3.63) is 34.9 Å². The van der Waals surface area contributed by atoms with Crippen LogP contribution < -0.4 is 10.6 Å². The number of nitrogens with one attached hydrogen (secondary N) is 2. The lowest BCUT2D eigenvalue weighted by atomic mass is 9.98. The van der Waals surface area contributed by atoms with Crippen molar-refractivity contribution >= 4 is 17.9 Å². The zero-order valence-electron chi connectivity index (χ0n) is 21.2. The molecule has 0 heterocycles. The summed E-state index contributed by atoms with van der Waals surface area (Å²) in [5.41, 5.74) is 2.12. The first kappa shape index (κ1) is 27.5. The summed E-state index contributed by atoms with van der Waals surface area (Å²) in [5.74, 6) is -0.564. The summed E-state index contributed by atoms with van der Waals surface area (Å²) in [5, 5.41) is 5.58. The highest BCUT2D eigenvalue weighted by molar-refractivity contribution is 5.92. The molecule has 0 aliphatic carbocycles. The first-order valence-electron chi connectivity index (χ1n) is 11.4. The molecule has 0 saturated carbocycles. The van der Waals surface area contributed by atoms with Crippen molar-refractivity contribution in [2.24, 2.45) is 0 Å². The molecule has 2 N–H and O–H groups in total. The number of rotatable bonds is 9. The Morgan fingerprint density at radius 2 is 1.56 bits per heavy atom. The van der Waals surface area contributed by atoms with Gasteiger partial charge in [0.2, 0.25) is 11.8 Å². The van der Waals surface area contributed by atoms with Crippen molar-refractivity contribution in [3.8, 4) is 0 Å². The van der Waals surface area contributed by atoms with Gasteiger partial charge in [-0.05, 0) is 67.4 Å². The van der Waals surface area contributed by atoms with E-state index in [1.165, 1.54) is 0 Å². The fraction of sp³-hybridized carbons (Fsp3) is 0.640. The van der Waals surface area contributed by atoms with Gasteiger partial charge in [0.25, 0.3) is 0 Å². The minimum Gasteiger partial charge on any atom is -0.444 e. The van der Waals surface area contributed by atoms with Crippen molar-refractivity contribution in [2.75, 3.05) is 6.54 Å². The summed E-state index contributed by atoms with van der Waals surface area (Å²) < 4.78 is 5.30. The van der Waals surface area contributed by atoms with Gasteiger partial charge >= 0.3 is 6.09 Å². The van der Waals surface area contributed by atoms with Gasteiger partial charge in [-0.25, -0.2) is 4.79 Å². The molecule has 7 nitrogen and oxygen atoms in total. The predicted molar refractivity (Wildman–Crippen MR) is 127 cm³/mol. The number of hydrogen-bond donors (Lipinski definition) is 2. The lowest BCUT2D eigenvalue weighted by molar-refractivity contribution is -0.142. The molecule has 1 aromatic carbocycles. The molecule has 0 fully saturated rings. The minimum absolute atomic E-state index is 0.0728. The average Bonchev–Trinajstić information content (AvgIpc) is 2.61. The summed E-state index contributed by atoms with van der Waals surface area (Å²) in [7, 11) is 0. The van der Waals surface area contributed by atoms with Crippen LogP contribution in [-0.2, 0) is 14.3 Å². The molecule has 32 heavy (non-hydrogen) atoms. The van der Waals surface area contributed by atoms with Crippen LogP contribution in [0.25, 0.3) is 0 Å². The molecule has 0 spiro atoms. The van der Waals surface area contributed by atoms with Gasteiger partial charge in [0.05, 0.1) is 0 Å². The van der Waals surface area contributed by atoms with Crippen LogP contribution in [0.4, 0.5) is 4.79 Å². The third-order valence-electron chi connectivity index (χ3n) is 4.69. The second-order valence-corrected chi connectivity index (χ2v) is 9.74. The maximum Gasteiger partial charge on any atom is 0.408 e. The lowest BCUT2D eigenvalue weighted by Gasteiger charge is -2.34. The Kier molecular flexibility index (Phi) is 10.2. The summed E-state index contributed by atoms with van der Waals surface area (Å²) >= 11 is 0. The standard InChI is InChI=1S/C25H41N3O4/c1-10-11-12-28(23(30)19(6)27-24(31)32-25(7,8)9)21(22(29)26-16(2)3)20-14-17(4)13-18(5)15-20/h13-16,19,21H,10-12H2,1-9H3,(H,26,29)(H,27,31). The van der Waals surface area contributed by atoms with E-state index in [9.17, 15) is 14.4 Å². The second kappa shape index (κ2) is 11.9. The maximum atomic E-state index is 13.5. The number of unbranched alkanes of at least 4 members (excludes halogenated alkanes) is 1. The van der Waals surface area contributed by atoms with Crippen molar-refractivity contribution in [1.29, 1.82) is 0 Å². The van der Waals surface area contributed by atoms with Gasteiger partial charge in [0.15, 0.2) is 0 Å². The molecule has 3 amide bonds. The number of alkyl carbamates (subject to hydrolysis) is 1. The van der Waals surface area contributed by atoms with Crippen LogP contribution >= 0.6 is 0 Å². The van der Waals surface area contributed by atoms with Crippen molar-refractivity contribution in [1.82, 2.24) is 15.5 Å². The lowest BCUT2D eigenvalue weighted by Crippen LogP contribution is -2.52. The Morgan fingerprint density at radius 1 is 1.00 bits per heavy atom. The molecule has 2 unspecified atom stereocenters. The summed E-state index contributed by atoms with van der Waals surface area (Å²) in [4.78, 5) is 40.6. The molecule has 0 aliphatic heterocycles. The van der Waals surface area contributed by atoms with E-state index < -0.39 is 23.8 Å². The third-order valence-corrected chi connectivity index (χ3v) is 4.69. The molecule has 0 radical (unpaired) electrons. The predicted octanol–water partition coefficient (Wildman–Crippen LogP) is 4.41. The van der Waals surface area contributed by atoms with Crippen LogP contribution in [0.3, 0.4) is 0 Å². The zero-order valence-corrected chi connectivity index (χ0v) is 21.2. The number of carbonyl (C=O) groups excluding carboxylic acids is 3. The molecule has 180 valence electrons. The van der Waals surface area contributed by atoms with Crippen molar-refractivity contribution in [2.45, 2.75) is 98.9 Å². The van der Waals surface area contributed by atoms with Crippen LogP contribution in [-0.4, -0.2) is 47.0 Å². The molecule has 0 saturated heterocycles. The zero-order chi connectivity index (χ0) is 24.6. The van der Waals surface area contributed by atoms with Gasteiger partial charge in [-0.2, -0.15) is 0 Å². The molecule has 0 aromatic heterocycles. The normalized spacial score (nSPS) is 13.3. The van der Waals surface area contributed by atoms with Crippen LogP contribution in [0.5, 0.6) is 0 Å². The first-order chi connectivity index (χ1) is 14.7. The Hall–Kier alpha value is -2.57. The van der Waals surface area contributed by atoms with Crippen LogP contribution in [0, 0.1) is 13.8 Å². The SMILES string of the molecule is CCCCN(C(=O)C(C)NC(=O)OC(C)(C)C)C(C(=O)NC(C)C)c1cc(C)cc(C)c1. The minimum atomic E-state index is -0.845. The quantitative estimate of drug-likeness (QED) is 0.587. The third kappa shape index (κ3) is 8.89. The van der Waals surface area contributed by atoms with Crippen molar-refractivity contribution in [3.63, 3.8) is 0 Å². The largest absolute Gasteiger partial charge is 0.444 e. The average molecular weight is 448 g/mol. The summed E-state index contributed by atoms with van der Waals surface area (Å²) in [6, 6.07) is 4.20. The number of benzene rings is 1. The van der Waals surface area contributed by atoms with Gasteiger partial charge in [-0.3, -0.25) is 9.59 Å². The molecule has 7 heteroatoms. The second-order valence-electron chi connectivity index (χ2n) is 9.74. The Labute approximate surface area is 193 Å². The van der Waals surface area contributed by atoms with E-state index in [0.717, 1.165) is 29.5 Å². The van der Waals surface area contributed by atoms with E-state index in [4.69, 9.17) is 4.74 Å². The van der Waals surface area contributed by atoms with Gasteiger partial charge < -0.3 is 20.3 Å². The van der Waals surface area contributed by atoms with Crippen molar-refractivity contribution < 1.29 is 19.1 Å². The monoisotopic (exact) mass is 447 g/mol. The van der Waals surface area contributed by atoms with E-state index in [1.807, 2.05) is 52.8 Å². The number of nitrogens with zero attached hydrogens (tertiary/aromatic N) is 1. The highest BCUT2D eigenvalue weighted by atomic mass is 16.6. The number of hydrogen-bond acceptors (Lipinski definition) is 4. The number of ether oxygens (including phenoxy) is 1.